The third-order valence-corrected chi connectivity index (χ3v) is 3.46. The lowest BCUT2D eigenvalue weighted by Gasteiger charge is -2.29. The Morgan fingerprint density at radius 1 is 1.25 bits per heavy atom. The first kappa shape index (κ1) is 11.6. The summed E-state index contributed by atoms with van der Waals surface area (Å²) in [4.78, 5) is 0. The van der Waals surface area contributed by atoms with Crippen LogP contribution in [0.25, 0.3) is 0 Å². The zero-order valence-electron chi connectivity index (χ0n) is 9.65. The Morgan fingerprint density at radius 3 is 2.75 bits per heavy atom. The van der Waals surface area contributed by atoms with Crippen molar-refractivity contribution in [2.24, 2.45) is 11.5 Å². The van der Waals surface area contributed by atoms with E-state index in [9.17, 15) is 0 Å². The number of benzene rings is 1. The van der Waals surface area contributed by atoms with E-state index >= 15 is 0 Å². The SMILES string of the molecule is NCc1cccc(C2CCC(CN)NC2)c1. The van der Waals surface area contributed by atoms with Crippen molar-refractivity contribution in [3.05, 3.63) is 35.4 Å². The van der Waals surface area contributed by atoms with Crippen LogP contribution in [0.5, 0.6) is 0 Å². The average molecular weight is 219 g/mol. The van der Waals surface area contributed by atoms with Crippen LogP contribution in [0.3, 0.4) is 0 Å². The molecule has 1 fully saturated rings. The average Bonchev–Trinajstić information content (AvgIpc) is 2.39. The molecule has 1 saturated heterocycles. The zero-order chi connectivity index (χ0) is 11.4. The van der Waals surface area contributed by atoms with Gasteiger partial charge in [-0.2, -0.15) is 0 Å². The number of nitrogens with one attached hydrogen (secondary N) is 1. The largest absolute Gasteiger partial charge is 0.329 e. The van der Waals surface area contributed by atoms with Gasteiger partial charge in [0.05, 0.1) is 0 Å². The molecule has 3 nitrogen and oxygen atoms in total. The van der Waals surface area contributed by atoms with Gasteiger partial charge in [0.25, 0.3) is 0 Å². The first-order valence-electron chi connectivity index (χ1n) is 6.06. The molecule has 2 atom stereocenters. The highest BCUT2D eigenvalue weighted by Gasteiger charge is 2.20. The van der Waals surface area contributed by atoms with Crippen molar-refractivity contribution in [1.29, 1.82) is 0 Å². The number of rotatable bonds is 3. The molecule has 5 N–H and O–H groups in total. The van der Waals surface area contributed by atoms with Gasteiger partial charge in [0.2, 0.25) is 0 Å². The highest BCUT2D eigenvalue weighted by molar-refractivity contribution is 5.27. The summed E-state index contributed by atoms with van der Waals surface area (Å²) in [6.45, 7) is 2.41. The van der Waals surface area contributed by atoms with Crippen LogP contribution in [-0.4, -0.2) is 19.1 Å². The van der Waals surface area contributed by atoms with Crippen LogP contribution in [0.1, 0.15) is 29.9 Å². The lowest BCUT2D eigenvalue weighted by Crippen LogP contribution is -2.42. The smallest absolute Gasteiger partial charge is 0.0190 e. The molecule has 1 aliphatic rings. The number of nitrogens with two attached hydrogens (primary N) is 2. The Kier molecular flexibility index (Phi) is 3.93. The summed E-state index contributed by atoms with van der Waals surface area (Å²) < 4.78 is 0. The van der Waals surface area contributed by atoms with Crippen LogP contribution >= 0.6 is 0 Å². The number of piperidine rings is 1. The molecule has 0 spiro atoms. The Bertz CT molecular complexity index is 330. The van der Waals surface area contributed by atoms with Crippen LogP contribution in [-0.2, 0) is 6.54 Å². The van der Waals surface area contributed by atoms with E-state index in [1.54, 1.807) is 0 Å². The lowest BCUT2D eigenvalue weighted by molar-refractivity contribution is 0.371. The third kappa shape index (κ3) is 2.61. The van der Waals surface area contributed by atoms with Gasteiger partial charge in [-0.15, -0.1) is 0 Å². The summed E-state index contributed by atoms with van der Waals surface area (Å²) in [6.07, 6.45) is 2.40. The molecule has 3 heteroatoms. The molecule has 0 aromatic heterocycles. The van der Waals surface area contributed by atoms with Gasteiger partial charge in [-0.05, 0) is 29.9 Å². The van der Waals surface area contributed by atoms with Crippen molar-refractivity contribution >= 4 is 0 Å². The molecule has 0 amide bonds. The minimum atomic E-state index is 0.508. The Morgan fingerprint density at radius 2 is 2.12 bits per heavy atom. The van der Waals surface area contributed by atoms with Crippen LogP contribution in [0.2, 0.25) is 0 Å². The van der Waals surface area contributed by atoms with Crippen molar-refractivity contribution in [2.45, 2.75) is 31.3 Å². The molecule has 0 aliphatic carbocycles. The molecule has 1 aromatic rings. The standard InChI is InChI=1S/C13H21N3/c14-7-10-2-1-3-11(6-10)12-4-5-13(8-15)16-9-12/h1-3,6,12-13,16H,4-5,7-9,14-15H2. The van der Waals surface area contributed by atoms with Gasteiger partial charge in [-0.1, -0.05) is 24.3 Å². The van der Waals surface area contributed by atoms with Gasteiger partial charge < -0.3 is 16.8 Å². The molecule has 2 unspecified atom stereocenters. The molecule has 1 aliphatic heterocycles. The predicted molar refractivity (Wildman–Crippen MR) is 67.2 cm³/mol. The van der Waals surface area contributed by atoms with E-state index in [0.717, 1.165) is 13.1 Å². The van der Waals surface area contributed by atoms with E-state index in [-0.39, 0.29) is 0 Å². The maximum absolute atomic E-state index is 5.66. The molecule has 88 valence electrons. The van der Waals surface area contributed by atoms with Gasteiger partial charge in [-0.25, -0.2) is 0 Å². The molecule has 0 bridgehead atoms. The topological polar surface area (TPSA) is 64.1 Å². The molecule has 1 aromatic carbocycles. The van der Waals surface area contributed by atoms with E-state index in [4.69, 9.17) is 11.5 Å². The molecule has 0 saturated carbocycles. The quantitative estimate of drug-likeness (QED) is 0.709. The van der Waals surface area contributed by atoms with E-state index in [0.29, 0.717) is 18.5 Å². The van der Waals surface area contributed by atoms with Crippen molar-refractivity contribution in [3.8, 4) is 0 Å². The maximum atomic E-state index is 5.66. The van der Waals surface area contributed by atoms with E-state index in [2.05, 4.69) is 29.6 Å². The van der Waals surface area contributed by atoms with Gasteiger partial charge in [0, 0.05) is 25.7 Å². The molecule has 2 rings (SSSR count). The summed E-state index contributed by atoms with van der Waals surface area (Å²) >= 11 is 0. The molecule has 1 heterocycles. The Hall–Kier alpha value is -0.900. The second kappa shape index (κ2) is 5.43. The highest BCUT2D eigenvalue weighted by Crippen LogP contribution is 2.25. The monoisotopic (exact) mass is 219 g/mol. The van der Waals surface area contributed by atoms with Crippen molar-refractivity contribution in [3.63, 3.8) is 0 Å². The maximum Gasteiger partial charge on any atom is 0.0190 e. The highest BCUT2D eigenvalue weighted by atomic mass is 14.9. The van der Waals surface area contributed by atoms with Crippen molar-refractivity contribution in [2.75, 3.05) is 13.1 Å². The van der Waals surface area contributed by atoms with E-state index < -0.39 is 0 Å². The molecule has 0 radical (unpaired) electrons. The molecular weight excluding hydrogens is 198 g/mol. The van der Waals surface area contributed by atoms with Gasteiger partial charge >= 0.3 is 0 Å². The molecule has 16 heavy (non-hydrogen) atoms. The van der Waals surface area contributed by atoms with Crippen molar-refractivity contribution in [1.82, 2.24) is 5.32 Å². The normalized spacial score (nSPS) is 25.6. The molecular formula is C13H21N3. The van der Waals surface area contributed by atoms with E-state index in [1.807, 2.05) is 0 Å². The fraction of sp³-hybridized carbons (Fsp3) is 0.538. The second-order valence-corrected chi connectivity index (χ2v) is 4.56. The zero-order valence-corrected chi connectivity index (χ0v) is 9.65. The number of hydrogen-bond donors (Lipinski definition) is 3. The fourth-order valence-corrected chi connectivity index (χ4v) is 2.38. The summed E-state index contributed by atoms with van der Waals surface area (Å²) in [6, 6.07) is 9.13. The Labute approximate surface area is 97.2 Å². The fourth-order valence-electron chi connectivity index (χ4n) is 2.38. The summed E-state index contributed by atoms with van der Waals surface area (Å²) in [5.74, 6) is 0.620. The van der Waals surface area contributed by atoms with E-state index in [1.165, 1.54) is 24.0 Å². The summed E-state index contributed by atoms with van der Waals surface area (Å²) in [7, 11) is 0. The minimum absolute atomic E-state index is 0.508. The van der Waals surface area contributed by atoms with Crippen LogP contribution in [0.15, 0.2) is 24.3 Å². The van der Waals surface area contributed by atoms with Gasteiger partial charge in [0.15, 0.2) is 0 Å². The predicted octanol–water partition coefficient (Wildman–Crippen LogP) is 0.940. The first-order valence-corrected chi connectivity index (χ1v) is 6.06. The lowest BCUT2D eigenvalue weighted by atomic mass is 9.88. The van der Waals surface area contributed by atoms with Crippen LogP contribution in [0, 0.1) is 0 Å². The summed E-state index contributed by atoms with van der Waals surface area (Å²) in [5.41, 5.74) is 13.9. The summed E-state index contributed by atoms with van der Waals surface area (Å²) in [5, 5.41) is 3.50. The van der Waals surface area contributed by atoms with Gasteiger partial charge in [-0.3, -0.25) is 0 Å². The number of hydrogen-bond acceptors (Lipinski definition) is 3. The van der Waals surface area contributed by atoms with Gasteiger partial charge in [0.1, 0.15) is 0 Å². The minimum Gasteiger partial charge on any atom is -0.329 e. The van der Waals surface area contributed by atoms with Crippen LogP contribution in [0.4, 0.5) is 0 Å². The third-order valence-electron chi connectivity index (χ3n) is 3.46. The van der Waals surface area contributed by atoms with Crippen molar-refractivity contribution < 1.29 is 0 Å². The Balaban J connectivity index is 2.02. The first-order chi connectivity index (χ1) is 7.83. The van der Waals surface area contributed by atoms with Crippen LogP contribution < -0.4 is 16.8 Å². The second-order valence-electron chi connectivity index (χ2n) is 4.56.